The fourth-order valence-corrected chi connectivity index (χ4v) is 1.90. The van der Waals surface area contributed by atoms with Crippen molar-refractivity contribution in [1.82, 2.24) is 10.3 Å². The molecule has 0 amide bonds. The number of para-hydroxylation sites is 1. The molecular weight excluding hydrogens is 228 g/mol. The van der Waals surface area contributed by atoms with E-state index in [9.17, 15) is 0 Å². The predicted molar refractivity (Wildman–Crippen MR) is 69.2 cm³/mol. The van der Waals surface area contributed by atoms with Gasteiger partial charge in [0.15, 0.2) is 5.76 Å². The van der Waals surface area contributed by atoms with Crippen molar-refractivity contribution in [2.75, 3.05) is 7.05 Å². The Labute approximate surface area is 105 Å². The highest BCUT2D eigenvalue weighted by molar-refractivity contribution is 5.92. The van der Waals surface area contributed by atoms with Gasteiger partial charge in [0, 0.05) is 5.39 Å². The maximum Gasteiger partial charge on any atom is 0.211 e. The summed E-state index contributed by atoms with van der Waals surface area (Å²) in [7, 11) is 1.88. The lowest BCUT2D eigenvalue weighted by Crippen LogP contribution is -2.12. The van der Waals surface area contributed by atoms with Gasteiger partial charge in [0.25, 0.3) is 0 Å². The van der Waals surface area contributed by atoms with Crippen molar-refractivity contribution in [3.05, 3.63) is 42.6 Å². The normalized spacial score (nSPS) is 13.0. The summed E-state index contributed by atoms with van der Waals surface area (Å²) in [6.45, 7) is 2.00. The maximum atomic E-state index is 5.76. The van der Waals surface area contributed by atoms with E-state index >= 15 is 0 Å². The zero-order valence-corrected chi connectivity index (χ0v) is 10.3. The standard InChI is InChI=1S/C14H14N2O2/c1-9(15-2)14-16-7-13(18-14)11-8-17-12-6-4-3-5-10(11)12/h3-9,15H,1-2H3. The molecule has 0 aliphatic rings. The van der Waals surface area contributed by atoms with Crippen molar-refractivity contribution in [2.45, 2.75) is 13.0 Å². The van der Waals surface area contributed by atoms with Gasteiger partial charge >= 0.3 is 0 Å². The smallest absolute Gasteiger partial charge is 0.211 e. The van der Waals surface area contributed by atoms with Crippen LogP contribution >= 0.6 is 0 Å². The lowest BCUT2D eigenvalue weighted by molar-refractivity contribution is 0.441. The van der Waals surface area contributed by atoms with E-state index in [1.54, 1.807) is 12.5 Å². The Morgan fingerprint density at radius 1 is 1.28 bits per heavy atom. The van der Waals surface area contributed by atoms with Crippen molar-refractivity contribution in [2.24, 2.45) is 0 Å². The van der Waals surface area contributed by atoms with Crippen LogP contribution in [0.5, 0.6) is 0 Å². The topological polar surface area (TPSA) is 51.2 Å². The van der Waals surface area contributed by atoms with Gasteiger partial charge in [-0.15, -0.1) is 0 Å². The first-order valence-corrected chi connectivity index (χ1v) is 5.89. The van der Waals surface area contributed by atoms with Gasteiger partial charge in [-0.2, -0.15) is 0 Å². The van der Waals surface area contributed by atoms with Crippen LogP contribution in [0.1, 0.15) is 18.9 Å². The van der Waals surface area contributed by atoms with Crippen LogP contribution in [-0.4, -0.2) is 12.0 Å². The molecule has 92 valence electrons. The average molecular weight is 242 g/mol. The van der Waals surface area contributed by atoms with E-state index in [1.165, 1.54) is 0 Å². The van der Waals surface area contributed by atoms with E-state index in [4.69, 9.17) is 8.83 Å². The molecule has 0 saturated carbocycles. The lowest BCUT2D eigenvalue weighted by atomic mass is 10.1. The van der Waals surface area contributed by atoms with E-state index in [0.29, 0.717) is 5.89 Å². The molecule has 3 aromatic rings. The van der Waals surface area contributed by atoms with Crippen LogP contribution in [0.15, 0.2) is 45.6 Å². The monoisotopic (exact) mass is 242 g/mol. The van der Waals surface area contributed by atoms with Crippen LogP contribution in [0.25, 0.3) is 22.3 Å². The molecule has 0 aliphatic carbocycles. The van der Waals surface area contributed by atoms with Crippen molar-refractivity contribution >= 4 is 11.0 Å². The number of aromatic nitrogens is 1. The van der Waals surface area contributed by atoms with Crippen LogP contribution in [0.2, 0.25) is 0 Å². The largest absolute Gasteiger partial charge is 0.464 e. The highest BCUT2D eigenvalue weighted by Gasteiger charge is 2.15. The van der Waals surface area contributed by atoms with Crippen LogP contribution < -0.4 is 5.32 Å². The summed E-state index contributed by atoms with van der Waals surface area (Å²) >= 11 is 0. The number of benzene rings is 1. The highest BCUT2D eigenvalue weighted by atomic mass is 16.4. The van der Waals surface area contributed by atoms with Crippen LogP contribution in [0, 0.1) is 0 Å². The minimum atomic E-state index is 0.0944. The molecular formula is C14H14N2O2. The first kappa shape index (κ1) is 11.0. The molecule has 0 spiro atoms. The average Bonchev–Trinajstić information content (AvgIpc) is 3.03. The quantitative estimate of drug-likeness (QED) is 0.765. The second-order valence-corrected chi connectivity index (χ2v) is 4.22. The Balaban J connectivity index is 2.07. The van der Waals surface area contributed by atoms with Crippen molar-refractivity contribution < 1.29 is 8.83 Å². The third-order valence-corrected chi connectivity index (χ3v) is 3.07. The van der Waals surface area contributed by atoms with Gasteiger partial charge < -0.3 is 14.2 Å². The summed E-state index contributed by atoms with van der Waals surface area (Å²) in [6.07, 6.45) is 3.44. The van der Waals surface area contributed by atoms with Gasteiger partial charge in [-0.25, -0.2) is 4.98 Å². The minimum absolute atomic E-state index is 0.0944. The van der Waals surface area contributed by atoms with E-state index in [-0.39, 0.29) is 6.04 Å². The Morgan fingerprint density at radius 2 is 2.11 bits per heavy atom. The lowest BCUT2D eigenvalue weighted by Gasteiger charge is -2.03. The van der Waals surface area contributed by atoms with E-state index in [0.717, 1.165) is 22.3 Å². The summed E-state index contributed by atoms with van der Waals surface area (Å²) in [4.78, 5) is 4.28. The fraction of sp³-hybridized carbons (Fsp3) is 0.214. The number of rotatable bonds is 3. The molecule has 1 atom stereocenters. The van der Waals surface area contributed by atoms with Gasteiger partial charge in [0.2, 0.25) is 5.89 Å². The number of hydrogen-bond acceptors (Lipinski definition) is 4. The van der Waals surface area contributed by atoms with Crippen LogP contribution in [-0.2, 0) is 0 Å². The molecule has 0 saturated heterocycles. The van der Waals surface area contributed by atoms with E-state index in [1.807, 2.05) is 38.2 Å². The Hall–Kier alpha value is -2.07. The molecule has 0 radical (unpaired) electrons. The second kappa shape index (κ2) is 4.31. The highest BCUT2D eigenvalue weighted by Crippen LogP contribution is 2.31. The summed E-state index contributed by atoms with van der Waals surface area (Å²) in [6, 6.07) is 7.97. The molecule has 3 rings (SSSR count). The number of furan rings is 1. The summed E-state index contributed by atoms with van der Waals surface area (Å²) in [5.74, 6) is 1.41. The van der Waals surface area contributed by atoms with Crippen molar-refractivity contribution in [3.63, 3.8) is 0 Å². The molecule has 18 heavy (non-hydrogen) atoms. The molecule has 2 aromatic heterocycles. The van der Waals surface area contributed by atoms with E-state index in [2.05, 4.69) is 10.3 Å². The number of hydrogen-bond donors (Lipinski definition) is 1. The third kappa shape index (κ3) is 1.71. The van der Waals surface area contributed by atoms with Gasteiger partial charge in [-0.3, -0.25) is 0 Å². The zero-order chi connectivity index (χ0) is 12.5. The van der Waals surface area contributed by atoms with Crippen molar-refractivity contribution in [1.29, 1.82) is 0 Å². The van der Waals surface area contributed by atoms with Crippen molar-refractivity contribution in [3.8, 4) is 11.3 Å². The summed E-state index contributed by atoms with van der Waals surface area (Å²) in [5.41, 5.74) is 1.79. The predicted octanol–water partition coefficient (Wildman–Crippen LogP) is 3.37. The fourth-order valence-electron chi connectivity index (χ4n) is 1.90. The Bertz CT molecular complexity index is 669. The SMILES string of the molecule is CNC(C)c1ncc(-c2coc3ccccc23)o1. The molecule has 1 N–H and O–H groups in total. The summed E-state index contributed by atoms with van der Waals surface area (Å²) in [5, 5.41) is 4.14. The number of fused-ring (bicyclic) bond motifs is 1. The molecule has 2 heterocycles. The molecule has 0 fully saturated rings. The van der Waals surface area contributed by atoms with Gasteiger partial charge in [0.1, 0.15) is 11.8 Å². The molecule has 4 heteroatoms. The molecule has 0 bridgehead atoms. The van der Waals surface area contributed by atoms with Gasteiger partial charge in [0.05, 0.1) is 17.8 Å². The minimum Gasteiger partial charge on any atom is -0.464 e. The molecule has 1 unspecified atom stereocenters. The van der Waals surface area contributed by atoms with Gasteiger partial charge in [-0.1, -0.05) is 18.2 Å². The molecule has 1 aromatic carbocycles. The number of nitrogens with zero attached hydrogens (tertiary/aromatic N) is 1. The Kier molecular flexibility index (Phi) is 2.64. The second-order valence-electron chi connectivity index (χ2n) is 4.22. The van der Waals surface area contributed by atoms with E-state index < -0.39 is 0 Å². The number of nitrogens with one attached hydrogen (secondary N) is 1. The molecule has 0 aliphatic heterocycles. The first-order chi connectivity index (χ1) is 8.79. The Morgan fingerprint density at radius 3 is 2.94 bits per heavy atom. The zero-order valence-electron chi connectivity index (χ0n) is 10.3. The van der Waals surface area contributed by atoms with Crippen LogP contribution in [0.4, 0.5) is 0 Å². The third-order valence-electron chi connectivity index (χ3n) is 3.07. The molecule has 4 nitrogen and oxygen atoms in total. The first-order valence-electron chi connectivity index (χ1n) is 5.89. The van der Waals surface area contributed by atoms with Gasteiger partial charge in [-0.05, 0) is 20.0 Å². The maximum absolute atomic E-state index is 5.76. The van der Waals surface area contributed by atoms with Crippen LogP contribution in [0.3, 0.4) is 0 Å². The summed E-state index contributed by atoms with van der Waals surface area (Å²) < 4.78 is 11.3. The number of oxazole rings is 1.